The minimum atomic E-state index is -4.65. The third kappa shape index (κ3) is 60.2. The Hall–Kier alpha value is -3.07. The number of likely N-dealkylation sites (N-methyl/N-ethyl adjacent to an activating group) is 1. The van der Waals surface area contributed by atoms with Crippen molar-refractivity contribution in [1.82, 2.24) is 0 Å². The van der Waals surface area contributed by atoms with Gasteiger partial charge in [-0.15, -0.1) is 0 Å². The molecule has 0 spiro atoms. The standard InChI is InChI=1S/C66H116NO8P/c1-6-8-10-12-14-16-18-20-22-24-26-28-29-30-31-32-33-34-35-36-37-39-40-42-44-46-48-50-52-54-56-58-65(68)72-62-64(63-74-76(70,71)73-61-60-67(3,4)5)75-66(69)59-57-55-53-51-49-47-45-43-41-38-27-25-23-21-19-17-15-13-11-9-7-2/h9,11,15,17-18,20-21,23-24,26-27,38,43,45,49,51,64H,6-8,10,12-14,16,19,22,25,28-37,39-42,44,46-48,50,52-63H2,1-5H3/b11-9-,17-15-,20-18-,23-21-,26-24-,38-27-,45-43-,51-49-. The molecule has 2 atom stereocenters. The molecule has 10 heteroatoms. The maximum atomic E-state index is 12.8. The lowest BCUT2D eigenvalue weighted by Crippen LogP contribution is -2.37. The number of carbonyl (C=O) groups excluding carboxylic acids is 2. The lowest BCUT2D eigenvalue weighted by Gasteiger charge is -2.28. The number of phosphoric ester groups is 1. The fourth-order valence-electron chi connectivity index (χ4n) is 8.34. The highest BCUT2D eigenvalue weighted by Crippen LogP contribution is 2.38. The first-order valence-corrected chi connectivity index (χ1v) is 32.4. The Morgan fingerprint density at radius 2 is 0.750 bits per heavy atom. The summed E-state index contributed by atoms with van der Waals surface area (Å²) in [6.07, 6.45) is 77.6. The van der Waals surface area contributed by atoms with E-state index in [1.54, 1.807) is 0 Å². The van der Waals surface area contributed by atoms with Crippen LogP contribution in [-0.4, -0.2) is 70.0 Å². The Morgan fingerprint density at radius 3 is 1.14 bits per heavy atom. The number of carbonyl (C=O) groups is 2. The number of hydrogen-bond acceptors (Lipinski definition) is 8. The normalized spacial score (nSPS) is 13.9. The zero-order chi connectivity index (χ0) is 55.6. The first-order chi connectivity index (χ1) is 37.0. The molecule has 0 rings (SSSR count). The molecule has 0 N–H and O–H groups in total. The number of nitrogens with zero attached hydrogens (tertiary/aromatic N) is 1. The van der Waals surface area contributed by atoms with Gasteiger partial charge in [0.2, 0.25) is 0 Å². The van der Waals surface area contributed by atoms with Gasteiger partial charge in [-0.1, -0.05) is 246 Å². The highest BCUT2D eigenvalue weighted by Gasteiger charge is 2.21. The molecule has 76 heavy (non-hydrogen) atoms. The zero-order valence-electron chi connectivity index (χ0n) is 49.7. The fraction of sp³-hybridized carbons (Fsp3) is 0.727. The van der Waals surface area contributed by atoms with Crippen molar-refractivity contribution in [2.24, 2.45) is 0 Å². The topological polar surface area (TPSA) is 111 Å². The number of esters is 2. The highest BCUT2D eigenvalue weighted by molar-refractivity contribution is 7.45. The van der Waals surface area contributed by atoms with Gasteiger partial charge in [-0.25, -0.2) is 0 Å². The lowest BCUT2D eigenvalue weighted by molar-refractivity contribution is -0.870. The van der Waals surface area contributed by atoms with Gasteiger partial charge in [-0.3, -0.25) is 14.2 Å². The number of rotatable bonds is 56. The van der Waals surface area contributed by atoms with E-state index < -0.39 is 32.5 Å². The maximum absolute atomic E-state index is 12.8. The van der Waals surface area contributed by atoms with Crippen LogP contribution in [0.2, 0.25) is 0 Å². The molecule has 0 aromatic carbocycles. The Bertz CT molecular complexity index is 1600. The van der Waals surface area contributed by atoms with E-state index in [1.165, 1.54) is 148 Å². The molecule has 0 amide bonds. The van der Waals surface area contributed by atoms with Crippen molar-refractivity contribution in [2.75, 3.05) is 47.5 Å². The van der Waals surface area contributed by atoms with Gasteiger partial charge in [0.05, 0.1) is 27.7 Å². The average molecular weight is 1080 g/mol. The second kappa shape index (κ2) is 56.6. The number of ether oxygens (including phenoxy) is 2. The summed E-state index contributed by atoms with van der Waals surface area (Å²) in [6.45, 7) is 4.07. The second-order valence-electron chi connectivity index (χ2n) is 21.7. The van der Waals surface area contributed by atoms with Gasteiger partial charge in [0.25, 0.3) is 7.82 Å². The first-order valence-electron chi connectivity index (χ1n) is 30.9. The van der Waals surface area contributed by atoms with E-state index in [9.17, 15) is 19.0 Å². The monoisotopic (exact) mass is 1080 g/mol. The van der Waals surface area contributed by atoms with E-state index in [2.05, 4.69) is 111 Å². The van der Waals surface area contributed by atoms with E-state index >= 15 is 0 Å². The zero-order valence-corrected chi connectivity index (χ0v) is 50.6. The van der Waals surface area contributed by atoms with Gasteiger partial charge in [-0.05, 0) is 96.3 Å². The van der Waals surface area contributed by atoms with Gasteiger partial charge in [0.1, 0.15) is 19.8 Å². The smallest absolute Gasteiger partial charge is 0.306 e. The number of quaternary nitrogens is 1. The molecule has 0 aliphatic rings. The molecular weight excluding hydrogens is 966 g/mol. The number of unbranched alkanes of at least 4 members (excludes halogenated alkanes) is 26. The fourth-order valence-corrected chi connectivity index (χ4v) is 9.07. The van der Waals surface area contributed by atoms with Gasteiger partial charge in [-0.2, -0.15) is 0 Å². The third-order valence-corrected chi connectivity index (χ3v) is 14.1. The molecule has 2 unspecified atom stereocenters. The largest absolute Gasteiger partial charge is 0.756 e. The number of hydrogen-bond donors (Lipinski definition) is 0. The predicted octanol–water partition coefficient (Wildman–Crippen LogP) is 19.0. The minimum Gasteiger partial charge on any atom is -0.756 e. The predicted molar refractivity (Wildman–Crippen MR) is 323 cm³/mol. The summed E-state index contributed by atoms with van der Waals surface area (Å²) >= 11 is 0. The minimum absolute atomic E-state index is 0.0433. The van der Waals surface area contributed by atoms with Crippen molar-refractivity contribution in [2.45, 2.75) is 264 Å². The van der Waals surface area contributed by atoms with Crippen LogP contribution in [0.3, 0.4) is 0 Å². The summed E-state index contributed by atoms with van der Waals surface area (Å²) in [7, 11) is 1.13. The van der Waals surface area contributed by atoms with Crippen LogP contribution in [0.15, 0.2) is 97.2 Å². The Labute approximate surface area is 468 Å². The van der Waals surface area contributed by atoms with Crippen LogP contribution in [-0.2, 0) is 32.7 Å². The summed E-state index contributed by atoms with van der Waals surface area (Å²) in [4.78, 5) is 37.9. The van der Waals surface area contributed by atoms with Crippen LogP contribution < -0.4 is 4.89 Å². The first kappa shape index (κ1) is 72.9. The van der Waals surface area contributed by atoms with Crippen molar-refractivity contribution in [1.29, 1.82) is 0 Å². The van der Waals surface area contributed by atoms with E-state index in [4.69, 9.17) is 18.5 Å². The van der Waals surface area contributed by atoms with Crippen molar-refractivity contribution in [3.8, 4) is 0 Å². The van der Waals surface area contributed by atoms with Crippen LogP contribution in [0.4, 0.5) is 0 Å². The Kier molecular flexibility index (Phi) is 54.4. The Morgan fingerprint density at radius 1 is 0.421 bits per heavy atom. The summed E-state index contributed by atoms with van der Waals surface area (Å²) in [6, 6.07) is 0. The van der Waals surface area contributed by atoms with E-state index in [1.807, 2.05) is 21.1 Å². The van der Waals surface area contributed by atoms with Crippen LogP contribution in [0.25, 0.3) is 0 Å². The van der Waals surface area contributed by atoms with Crippen molar-refractivity contribution in [3.63, 3.8) is 0 Å². The quantitative estimate of drug-likeness (QED) is 0.0195. The van der Waals surface area contributed by atoms with Gasteiger partial charge in [0.15, 0.2) is 6.10 Å². The molecular formula is C66H116NO8P. The molecule has 0 bridgehead atoms. The van der Waals surface area contributed by atoms with Crippen LogP contribution in [0, 0.1) is 0 Å². The molecule has 0 saturated heterocycles. The summed E-state index contributed by atoms with van der Waals surface area (Å²) < 4.78 is 34.1. The summed E-state index contributed by atoms with van der Waals surface area (Å²) in [5.41, 5.74) is 0. The number of allylic oxidation sites excluding steroid dienone is 16. The van der Waals surface area contributed by atoms with Crippen molar-refractivity contribution in [3.05, 3.63) is 97.2 Å². The molecule has 0 aromatic heterocycles. The summed E-state index contributed by atoms with van der Waals surface area (Å²) in [5.74, 6) is -0.883. The number of phosphoric acid groups is 1. The molecule has 0 aliphatic carbocycles. The van der Waals surface area contributed by atoms with Gasteiger partial charge < -0.3 is 27.9 Å². The summed E-state index contributed by atoms with van der Waals surface area (Å²) in [5, 5.41) is 0. The molecule has 438 valence electrons. The van der Waals surface area contributed by atoms with Gasteiger partial charge >= 0.3 is 11.9 Å². The molecule has 0 fully saturated rings. The lowest BCUT2D eigenvalue weighted by atomic mass is 10.0. The second-order valence-corrected chi connectivity index (χ2v) is 23.1. The highest BCUT2D eigenvalue weighted by atomic mass is 31.2. The maximum Gasteiger partial charge on any atom is 0.306 e. The third-order valence-electron chi connectivity index (χ3n) is 13.1. The van der Waals surface area contributed by atoms with Crippen LogP contribution >= 0.6 is 7.82 Å². The van der Waals surface area contributed by atoms with Crippen LogP contribution in [0.5, 0.6) is 0 Å². The van der Waals surface area contributed by atoms with E-state index in [0.717, 1.165) is 77.0 Å². The SMILES string of the molecule is CC/C=C\C/C=C\C/C=C\C/C=C\C/C=C\C/C=C\CCCCC(=O)OC(COC(=O)CCCCCCCCCCCCCCCCCCCCC/C=C\C/C=C\CCCCCCC)COP(=O)([O-])OCC[N+](C)(C)C. The molecule has 0 saturated carbocycles. The Balaban J connectivity index is 4.13. The van der Waals surface area contributed by atoms with Gasteiger partial charge in [0, 0.05) is 12.8 Å². The van der Waals surface area contributed by atoms with E-state index in [-0.39, 0.29) is 26.1 Å². The molecule has 0 heterocycles. The van der Waals surface area contributed by atoms with Crippen molar-refractivity contribution >= 4 is 19.8 Å². The van der Waals surface area contributed by atoms with Crippen molar-refractivity contribution < 1.29 is 42.1 Å². The molecule has 0 aliphatic heterocycles. The van der Waals surface area contributed by atoms with E-state index in [0.29, 0.717) is 17.4 Å². The molecule has 0 radical (unpaired) electrons. The van der Waals surface area contributed by atoms with Crippen LogP contribution in [0.1, 0.15) is 258 Å². The molecule has 0 aromatic rings. The molecule has 9 nitrogen and oxygen atoms in total. The average Bonchev–Trinajstić information content (AvgIpc) is 3.38.